The van der Waals surface area contributed by atoms with Crippen molar-refractivity contribution in [1.82, 2.24) is 10.0 Å². The van der Waals surface area contributed by atoms with Gasteiger partial charge < -0.3 is 15.0 Å². The molecular formula is C21H24N4O6. The maximum Gasteiger partial charge on any atom is 0.434 e. The number of hydrogen-bond acceptors (Lipinski definition) is 6. The van der Waals surface area contributed by atoms with E-state index in [1.807, 2.05) is 13.8 Å². The Hall–Kier alpha value is -3.66. The van der Waals surface area contributed by atoms with Gasteiger partial charge in [0, 0.05) is 35.3 Å². The lowest BCUT2D eigenvalue weighted by Gasteiger charge is -2.20. The molecule has 1 aromatic heterocycles. The van der Waals surface area contributed by atoms with Crippen LogP contribution in [0.1, 0.15) is 43.5 Å². The standard InChI is InChI=1S/C21H24N4O6/c1-3-7-30-21(27)24(31-8-4-2)13-14-9-15(22-12-14)10-18-17-11-16(25(28)29)5-6-19(17)23-20(18)26/h5-6,9-12,22H,3-4,7-8,13H2,1-2H3,(H,23,26). The normalized spacial score (nSPS) is 13.7. The van der Waals surface area contributed by atoms with Gasteiger partial charge in [-0.05, 0) is 36.6 Å². The first kappa shape index (κ1) is 22.0. The maximum atomic E-state index is 12.4. The average Bonchev–Trinajstić information content (AvgIpc) is 3.32. The van der Waals surface area contributed by atoms with Crippen molar-refractivity contribution in [2.24, 2.45) is 0 Å². The second-order valence-corrected chi connectivity index (χ2v) is 6.95. The second-order valence-electron chi connectivity index (χ2n) is 6.95. The minimum atomic E-state index is -0.562. The summed E-state index contributed by atoms with van der Waals surface area (Å²) in [6, 6.07) is 5.99. The van der Waals surface area contributed by atoms with Crippen LogP contribution in [0.3, 0.4) is 0 Å². The second kappa shape index (κ2) is 9.90. The van der Waals surface area contributed by atoms with Crippen LogP contribution < -0.4 is 5.32 Å². The molecule has 2 amide bonds. The number of carbonyl (C=O) groups is 2. The van der Waals surface area contributed by atoms with Crippen molar-refractivity contribution in [3.63, 3.8) is 0 Å². The molecule has 1 aliphatic heterocycles. The van der Waals surface area contributed by atoms with Crippen LogP contribution in [0.5, 0.6) is 0 Å². The number of ether oxygens (including phenoxy) is 1. The fourth-order valence-corrected chi connectivity index (χ4v) is 3.01. The van der Waals surface area contributed by atoms with Gasteiger partial charge in [0.25, 0.3) is 11.6 Å². The third-order valence-electron chi connectivity index (χ3n) is 4.47. The number of amides is 2. The van der Waals surface area contributed by atoms with Gasteiger partial charge in [-0.15, -0.1) is 0 Å². The van der Waals surface area contributed by atoms with Gasteiger partial charge in [-0.25, -0.2) is 4.79 Å². The van der Waals surface area contributed by atoms with Crippen molar-refractivity contribution in [3.05, 3.63) is 57.4 Å². The molecule has 0 spiro atoms. The zero-order valence-corrected chi connectivity index (χ0v) is 17.3. The number of H-pyrrole nitrogens is 1. The van der Waals surface area contributed by atoms with E-state index in [9.17, 15) is 19.7 Å². The first-order valence-electron chi connectivity index (χ1n) is 9.99. The molecule has 0 unspecified atom stereocenters. The van der Waals surface area contributed by atoms with E-state index >= 15 is 0 Å². The van der Waals surface area contributed by atoms with E-state index in [1.165, 1.54) is 23.3 Å². The summed E-state index contributed by atoms with van der Waals surface area (Å²) in [5, 5.41) is 14.9. The Balaban J connectivity index is 1.79. The number of hydrogen-bond donors (Lipinski definition) is 2. The summed E-state index contributed by atoms with van der Waals surface area (Å²) in [4.78, 5) is 43.7. The quantitative estimate of drug-likeness (QED) is 0.352. The lowest BCUT2D eigenvalue weighted by Crippen LogP contribution is -2.31. The smallest absolute Gasteiger partial charge is 0.434 e. The molecule has 3 rings (SSSR count). The molecule has 0 saturated carbocycles. The molecule has 10 heteroatoms. The molecule has 10 nitrogen and oxygen atoms in total. The largest absolute Gasteiger partial charge is 0.448 e. The number of nitrogens with one attached hydrogen (secondary N) is 2. The molecular weight excluding hydrogens is 404 g/mol. The SMILES string of the molecule is CCCOC(=O)N(Cc1c[nH]c(C=C2C(=O)Nc3ccc([N+](=O)[O-])cc32)c1)OCCC. The monoisotopic (exact) mass is 428 g/mol. The summed E-state index contributed by atoms with van der Waals surface area (Å²) in [7, 11) is 0. The van der Waals surface area contributed by atoms with Crippen molar-refractivity contribution < 1.29 is 24.1 Å². The summed E-state index contributed by atoms with van der Waals surface area (Å²) in [6.45, 7) is 4.68. The Kier molecular flexibility index (Phi) is 7.03. The molecule has 1 aliphatic rings. The molecule has 0 aliphatic carbocycles. The van der Waals surface area contributed by atoms with E-state index < -0.39 is 11.0 Å². The molecule has 0 atom stereocenters. The number of fused-ring (bicyclic) bond motifs is 1. The van der Waals surface area contributed by atoms with Crippen LogP contribution in [-0.4, -0.2) is 40.2 Å². The number of non-ortho nitro benzene ring substituents is 1. The van der Waals surface area contributed by atoms with Crippen LogP contribution in [-0.2, 0) is 20.9 Å². The summed E-state index contributed by atoms with van der Waals surface area (Å²) < 4.78 is 5.15. The van der Waals surface area contributed by atoms with Gasteiger partial charge in [0.2, 0.25) is 0 Å². The number of nitro benzene ring substituents is 1. The van der Waals surface area contributed by atoms with Crippen molar-refractivity contribution in [1.29, 1.82) is 0 Å². The van der Waals surface area contributed by atoms with Gasteiger partial charge in [-0.3, -0.25) is 19.7 Å². The van der Waals surface area contributed by atoms with Gasteiger partial charge in [-0.2, -0.15) is 5.06 Å². The fourth-order valence-electron chi connectivity index (χ4n) is 3.01. The van der Waals surface area contributed by atoms with E-state index in [0.717, 1.165) is 12.0 Å². The van der Waals surface area contributed by atoms with Crippen molar-refractivity contribution in [3.8, 4) is 0 Å². The summed E-state index contributed by atoms with van der Waals surface area (Å²) in [5.41, 5.74) is 2.56. The molecule has 2 aromatic rings. The van der Waals surface area contributed by atoms with E-state index in [1.54, 1.807) is 18.3 Å². The van der Waals surface area contributed by atoms with E-state index in [-0.39, 0.29) is 18.1 Å². The zero-order chi connectivity index (χ0) is 22.4. The number of hydroxylamine groups is 2. The highest BCUT2D eigenvalue weighted by Crippen LogP contribution is 2.35. The number of aromatic amines is 1. The molecule has 0 saturated heterocycles. The fraction of sp³-hybridized carbons (Fsp3) is 0.333. The van der Waals surface area contributed by atoms with E-state index in [2.05, 4.69) is 10.3 Å². The van der Waals surface area contributed by atoms with Crippen LogP contribution in [0.2, 0.25) is 0 Å². The van der Waals surface area contributed by atoms with Crippen LogP contribution in [0, 0.1) is 10.1 Å². The van der Waals surface area contributed by atoms with Crippen molar-refractivity contribution in [2.75, 3.05) is 18.5 Å². The molecule has 1 aromatic carbocycles. The van der Waals surface area contributed by atoms with Crippen molar-refractivity contribution in [2.45, 2.75) is 33.2 Å². The Morgan fingerprint density at radius 3 is 2.71 bits per heavy atom. The van der Waals surface area contributed by atoms with Gasteiger partial charge in [0.05, 0.1) is 30.3 Å². The first-order valence-corrected chi connectivity index (χ1v) is 9.99. The number of aromatic nitrogens is 1. The minimum Gasteiger partial charge on any atom is -0.448 e. The molecule has 2 N–H and O–H groups in total. The first-order chi connectivity index (χ1) is 14.9. The van der Waals surface area contributed by atoms with Crippen LogP contribution in [0.4, 0.5) is 16.2 Å². The predicted octanol–water partition coefficient (Wildman–Crippen LogP) is 4.11. The highest BCUT2D eigenvalue weighted by molar-refractivity contribution is 6.35. The number of nitrogens with zero attached hydrogens (tertiary/aromatic N) is 2. The van der Waals surface area contributed by atoms with E-state index in [0.29, 0.717) is 42.2 Å². The molecule has 0 bridgehead atoms. The Morgan fingerprint density at radius 1 is 1.23 bits per heavy atom. The Labute approximate surface area is 178 Å². The predicted molar refractivity (Wildman–Crippen MR) is 114 cm³/mol. The maximum absolute atomic E-state index is 12.4. The van der Waals surface area contributed by atoms with Gasteiger partial charge in [0.15, 0.2) is 0 Å². The van der Waals surface area contributed by atoms with Crippen LogP contribution in [0.15, 0.2) is 30.5 Å². The number of benzene rings is 1. The van der Waals surface area contributed by atoms with Gasteiger partial charge >= 0.3 is 6.09 Å². The van der Waals surface area contributed by atoms with Crippen LogP contribution in [0.25, 0.3) is 11.6 Å². The molecule has 31 heavy (non-hydrogen) atoms. The number of rotatable bonds is 9. The van der Waals surface area contributed by atoms with Crippen molar-refractivity contribution >= 4 is 35.0 Å². The lowest BCUT2D eigenvalue weighted by atomic mass is 10.1. The summed E-state index contributed by atoms with van der Waals surface area (Å²) >= 11 is 0. The Morgan fingerprint density at radius 2 is 2.00 bits per heavy atom. The number of nitro groups is 1. The zero-order valence-electron chi connectivity index (χ0n) is 17.3. The third kappa shape index (κ3) is 5.28. The molecule has 164 valence electrons. The highest BCUT2D eigenvalue weighted by Gasteiger charge is 2.26. The Bertz CT molecular complexity index is 1010. The average molecular weight is 428 g/mol. The molecule has 0 fully saturated rings. The minimum absolute atomic E-state index is 0.0948. The van der Waals surface area contributed by atoms with Gasteiger partial charge in [-0.1, -0.05) is 13.8 Å². The molecule has 2 heterocycles. The molecule has 0 radical (unpaired) electrons. The summed E-state index contributed by atoms with van der Waals surface area (Å²) in [5.74, 6) is -0.345. The topological polar surface area (TPSA) is 127 Å². The number of carbonyl (C=O) groups excluding carboxylic acids is 2. The lowest BCUT2D eigenvalue weighted by molar-refractivity contribution is -0.384. The number of anilines is 1. The van der Waals surface area contributed by atoms with E-state index in [4.69, 9.17) is 9.57 Å². The van der Waals surface area contributed by atoms with Gasteiger partial charge in [0.1, 0.15) is 0 Å². The third-order valence-corrected chi connectivity index (χ3v) is 4.47. The highest BCUT2D eigenvalue weighted by atomic mass is 16.7. The summed E-state index contributed by atoms with van der Waals surface area (Å²) in [6.07, 6.45) is 4.19. The van der Waals surface area contributed by atoms with Crippen LogP contribution >= 0.6 is 0 Å².